The summed E-state index contributed by atoms with van der Waals surface area (Å²) < 4.78 is 6.39. The molecule has 0 radical (unpaired) electrons. The lowest BCUT2D eigenvalue weighted by Crippen LogP contribution is -2.37. The number of benzene rings is 2. The number of halogens is 1. The fourth-order valence-corrected chi connectivity index (χ4v) is 3.28. The van der Waals surface area contributed by atoms with Gasteiger partial charge in [-0.1, -0.05) is 6.07 Å². The van der Waals surface area contributed by atoms with Crippen molar-refractivity contribution < 1.29 is 14.5 Å². The van der Waals surface area contributed by atoms with Crippen molar-refractivity contribution in [2.24, 2.45) is 0 Å². The third-order valence-electron chi connectivity index (χ3n) is 4.22. The van der Waals surface area contributed by atoms with Crippen molar-refractivity contribution in [1.29, 1.82) is 0 Å². The lowest BCUT2D eigenvalue weighted by atomic mass is 10.1. The largest absolute Gasteiger partial charge is 0.378 e. The molecule has 1 saturated heterocycles. The molecule has 8 heteroatoms. The zero-order chi connectivity index (χ0) is 18.7. The number of aryl methyl sites for hydroxylation is 1. The molecular weight excluding hydrogens is 449 g/mol. The first-order valence-electron chi connectivity index (χ1n) is 8.14. The monoisotopic (exact) mass is 467 g/mol. The van der Waals surface area contributed by atoms with Crippen molar-refractivity contribution >= 4 is 45.6 Å². The number of non-ortho nitro benzene ring substituents is 1. The number of nitrogens with one attached hydrogen (secondary N) is 1. The van der Waals surface area contributed by atoms with E-state index >= 15 is 0 Å². The van der Waals surface area contributed by atoms with Crippen molar-refractivity contribution in [2.75, 3.05) is 36.5 Å². The summed E-state index contributed by atoms with van der Waals surface area (Å²) in [7, 11) is 0. The summed E-state index contributed by atoms with van der Waals surface area (Å²) >= 11 is 2.20. The minimum atomic E-state index is -0.491. The highest BCUT2D eigenvalue weighted by molar-refractivity contribution is 14.1. The molecule has 7 nitrogen and oxygen atoms in total. The number of rotatable bonds is 4. The van der Waals surface area contributed by atoms with Crippen molar-refractivity contribution in [2.45, 2.75) is 6.92 Å². The van der Waals surface area contributed by atoms with Gasteiger partial charge in [-0.05, 0) is 53.3 Å². The SMILES string of the molecule is Cc1ccc(NC(=O)c2cc([N+](=O)[O-])ccc2N2CCOCC2)cc1I. The summed E-state index contributed by atoms with van der Waals surface area (Å²) in [6.07, 6.45) is 0. The predicted octanol–water partition coefficient (Wildman–Crippen LogP) is 3.60. The predicted molar refractivity (Wildman–Crippen MR) is 108 cm³/mol. The van der Waals surface area contributed by atoms with Crippen LogP contribution in [-0.4, -0.2) is 37.1 Å². The Kier molecular flexibility index (Phi) is 5.72. The highest BCUT2D eigenvalue weighted by Gasteiger charge is 2.22. The van der Waals surface area contributed by atoms with Crippen molar-refractivity contribution in [3.05, 3.63) is 61.2 Å². The van der Waals surface area contributed by atoms with Gasteiger partial charge < -0.3 is 15.0 Å². The van der Waals surface area contributed by atoms with Gasteiger partial charge in [0.25, 0.3) is 11.6 Å². The molecule has 136 valence electrons. The quantitative estimate of drug-likeness (QED) is 0.422. The number of carbonyl (C=O) groups is 1. The van der Waals surface area contributed by atoms with Crippen LogP contribution in [0.2, 0.25) is 0 Å². The Bertz CT molecular complexity index is 850. The molecule has 2 aromatic carbocycles. The van der Waals surface area contributed by atoms with E-state index in [1.54, 1.807) is 6.07 Å². The highest BCUT2D eigenvalue weighted by atomic mass is 127. The van der Waals surface area contributed by atoms with E-state index in [-0.39, 0.29) is 17.2 Å². The van der Waals surface area contributed by atoms with Crippen LogP contribution in [0.4, 0.5) is 17.1 Å². The van der Waals surface area contributed by atoms with Crippen LogP contribution in [0.1, 0.15) is 15.9 Å². The van der Waals surface area contributed by atoms with Crippen LogP contribution in [0.3, 0.4) is 0 Å². The molecule has 26 heavy (non-hydrogen) atoms. The molecular formula is C18H18IN3O4. The molecule has 0 unspecified atom stereocenters. The molecule has 0 bridgehead atoms. The Morgan fingerprint density at radius 2 is 1.96 bits per heavy atom. The van der Waals surface area contributed by atoms with Crippen molar-refractivity contribution in [3.8, 4) is 0 Å². The Morgan fingerprint density at radius 3 is 2.62 bits per heavy atom. The van der Waals surface area contributed by atoms with Crippen LogP contribution in [0.15, 0.2) is 36.4 Å². The Labute approximate surface area is 164 Å². The van der Waals surface area contributed by atoms with E-state index < -0.39 is 4.92 Å². The van der Waals surface area contributed by atoms with Crippen LogP contribution in [0.5, 0.6) is 0 Å². The number of nitrogens with zero attached hydrogens (tertiary/aromatic N) is 2. The molecule has 0 atom stereocenters. The first-order valence-corrected chi connectivity index (χ1v) is 9.22. The number of nitro groups is 1. The number of anilines is 2. The molecule has 2 aromatic rings. The second-order valence-corrected chi connectivity index (χ2v) is 7.14. The topological polar surface area (TPSA) is 84.7 Å². The fraction of sp³-hybridized carbons (Fsp3) is 0.278. The number of nitro benzene ring substituents is 1. The molecule has 1 amide bonds. The number of hydrogen-bond acceptors (Lipinski definition) is 5. The summed E-state index contributed by atoms with van der Waals surface area (Å²) in [5, 5.41) is 14.0. The zero-order valence-electron chi connectivity index (χ0n) is 14.2. The standard InChI is InChI=1S/C18H18IN3O4/c1-12-2-3-13(10-16(12)19)20-18(23)15-11-14(22(24)25)4-5-17(15)21-6-8-26-9-7-21/h2-5,10-11H,6-9H2,1H3,(H,20,23). The van der Waals surface area contributed by atoms with E-state index in [2.05, 4.69) is 27.9 Å². The average molecular weight is 467 g/mol. The Hall–Kier alpha value is -2.20. The number of carbonyl (C=O) groups excluding carboxylic acids is 1. The zero-order valence-corrected chi connectivity index (χ0v) is 16.4. The number of ether oxygens (including phenoxy) is 1. The summed E-state index contributed by atoms with van der Waals surface area (Å²) in [6.45, 7) is 4.40. The number of hydrogen-bond donors (Lipinski definition) is 1. The summed E-state index contributed by atoms with van der Waals surface area (Å²) in [6, 6.07) is 10.0. The highest BCUT2D eigenvalue weighted by Crippen LogP contribution is 2.27. The molecule has 1 aliphatic heterocycles. The van der Waals surface area contributed by atoms with Crippen molar-refractivity contribution in [3.63, 3.8) is 0 Å². The average Bonchev–Trinajstić information content (AvgIpc) is 2.65. The molecule has 1 fully saturated rings. The second kappa shape index (κ2) is 8.00. The van der Waals surface area contributed by atoms with Gasteiger partial charge in [0.05, 0.1) is 29.4 Å². The molecule has 0 saturated carbocycles. The van der Waals surface area contributed by atoms with Gasteiger partial charge in [0.15, 0.2) is 0 Å². The van der Waals surface area contributed by atoms with E-state index in [0.717, 1.165) is 9.13 Å². The Balaban J connectivity index is 1.94. The van der Waals surface area contributed by atoms with Gasteiger partial charge in [-0.2, -0.15) is 0 Å². The van der Waals surface area contributed by atoms with E-state index in [1.807, 2.05) is 30.0 Å². The molecule has 0 aliphatic carbocycles. The third-order valence-corrected chi connectivity index (χ3v) is 5.38. The van der Waals surface area contributed by atoms with Gasteiger partial charge in [0.1, 0.15) is 0 Å². The lowest BCUT2D eigenvalue weighted by Gasteiger charge is -2.30. The Morgan fingerprint density at radius 1 is 1.23 bits per heavy atom. The first-order chi connectivity index (χ1) is 12.5. The van der Waals surface area contributed by atoms with E-state index in [0.29, 0.717) is 37.7 Å². The third kappa shape index (κ3) is 4.13. The normalized spacial score (nSPS) is 14.2. The number of morpholine rings is 1. The van der Waals surface area contributed by atoms with Crippen LogP contribution >= 0.6 is 22.6 Å². The molecule has 0 spiro atoms. The fourth-order valence-electron chi connectivity index (χ4n) is 2.77. The number of amides is 1. The van der Waals surface area contributed by atoms with Gasteiger partial charge in [-0.25, -0.2) is 0 Å². The van der Waals surface area contributed by atoms with Crippen LogP contribution in [-0.2, 0) is 4.74 Å². The lowest BCUT2D eigenvalue weighted by molar-refractivity contribution is -0.384. The molecule has 1 aliphatic rings. The van der Waals surface area contributed by atoms with Gasteiger partial charge >= 0.3 is 0 Å². The molecule has 0 aromatic heterocycles. The minimum absolute atomic E-state index is 0.106. The maximum absolute atomic E-state index is 12.9. The summed E-state index contributed by atoms with van der Waals surface area (Å²) in [5.74, 6) is -0.366. The van der Waals surface area contributed by atoms with E-state index in [9.17, 15) is 14.9 Å². The van der Waals surface area contributed by atoms with E-state index in [1.165, 1.54) is 12.1 Å². The van der Waals surface area contributed by atoms with Crippen LogP contribution in [0.25, 0.3) is 0 Å². The maximum Gasteiger partial charge on any atom is 0.270 e. The van der Waals surface area contributed by atoms with Crippen LogP contribution in [0, 0.1) is 20.6 Å². The molecule has 1 N–H and O–H groups in total. The maximum atomic E-state index is 12.9. The second-order valence-electron chi connectivity index (χ2n) is 5.98. The summed E-state index contributed by atoms with van der Waals surface area (Å²) in [4.78, 5) is 25.5. The smallest absolute Gasteiger partial charge is 0.270 e. The van der Waals surface area contributed by atoms with Crippen molar-refractivity contribution in [1.82, 2.24) is 0 Å². The van der Waals surface area contributed by atoms with Gasteiger partial charge in [0, 0.05) is 34.5 Å². The van der Waals surface area contributed by atoms with Gasteiger partial charge in [-0.3, -0.25) is 14.9 Å². The first kappa shape index (κ1) is 18.6. The van der Waals surface area contributed by atoms with Gasteiger partial charge in [-0.15, -0.1) is 0 Å². The molecule has 1 heterocycles. The minimum Gasteiger partial charge on any atom is -0.378 e. The van der Waals surface area contributed by atoms with Gasteiger partial charge in [0.2, 0.25) is 0 Å². The summed E-state index contributed by atoms with van der Waals surface area (Å²) in [5.41, 5.74) is 2.64. The molecule has 3 rings (SSSR count). The van der Waals surface area contributed by atoms with E-state index in [4.69, 9.17) is 4.74 Å². The van der Waals surface area contributed by atoms with Crippen LogP contribution < -0.4 is 10.2 Å².